The summed E-state index contributed by atoms with van der Waals surface area (Å²) in [6.07, 6.45) is 4.71. The number of hydrogen-bond donors (Lipinski definition) is 1. The Labute approximate surface area is 128 Å². The van der Waals surface area contributed by atoms with Crippen molar-refractivity contribution < 1.29 is 0 Å². The second-order valence-electron chi connectivity index (χ2n) is 7.10. The van der Waals surface area contributed by atoms with Crippen molar-refractivity contribution in [2.45, 2.75) is 52.5 Å². The van der Waals surface area contributed by atoms with E-state index in [1.54, 1.807) is 4.68 Å². The minimum absolute atomic E-state index is 0.00316. The first-order valence-corrected chi connectivity index (χ1v) is 7.53. The molecule has 0 aliphatic carbocycles. The van der Waals surface area contributed by atoms with E-state index in [2.05, 4.69) is 51.9 Å². The van der Waals surface area contributed by atoms with E-state index in [0.29, 0.717) is 0 Å². The molecule has 0 aliphatic rings. The topological polar surface area (TPSA) is 43.8 Å². The molecule has 1 heterocycles. The van der Waals surface area contributed by atoms with Crippen LogP contribution in [0.1, 0.15) is 54.6 Å². The number of hydrogen-bond acceptors (Lipinski definition) is 2. The molecule has 0 saturated heterocycles. The molecule has 0 radical (unpaired) electrons. The minimum atomic E-state index is -0.00316. The first-order valence-electron chi connectivity index (χ1n) is 7.53. The van der Waals surface area contributed by atoms with Crippen LogP contribution in [-0.2, 0) is 18.9 Å². The molecule has 2 rings (SSSR count). The molecule has 1 atom stereocenters. The summed E-state index contributed by atoms with van der Waals surface area (Å²) in [5, 5.41) is 4.21. The molecule has 0 amide bonds. The smallest absolute Gasteiger partial charge is 0.0537 e. The fourth-order valence-electron chi connectivity index (χ4n) is 2.72. The maximum absolute atomic E-state index is 6.35. The molecule has 3 nitrogen and oxygen atoms in total. The van der Waals surface area contributed by atoms with Gasteiger partial charge in [-0.25, -0.2) is 0 Å². The Morgan fingerprint density at radius 3 is 2.19 bits per heavy atom. The van der Waals surface area contributed by atoms with E-state index in [1.807, 2.05) is 19.4 Å². The number of benzene rings is 1. The summed E-state index contributed by atoms with van der Waals surface area (Å²) < 4.78 is 1.80. The van der Waals surface area contributed by atoms with Gasteiger partial charge in [-0.15, -0.1) is 0 Å². The second-order valence-corrected chi connectivity index (χ2v) is 7.10. The van der Waals surface area contributed by atoms with Gasteiger partial charge in [0.05, 0.1) is 6.20 Å². The zero-order chi connectivity index (χ0) is 15.8. The van der Waals surface area contributed by atoms with Crippen LogP contribution in [0.15, 0.2) is 24.5 Å². The predicted octanol–water partition coefficient (Wildman–Crippen LogP) is 3.58. The summed E-state index contributed by atoms with van der Waals surface area (Å²) in [4.78, 5) is 0. The first kappa shape index (κ1) is 15.8. The molecule has 3 heteroatoms. The van der Waals surface area contributed by atoms with Crippen molar-refractivity contribution in [1.82, 2.24) is 9.78 Å². The molecule has 21 heavy (non-hydrogen) atoms. The second kappa shape index (κ2) is 5.64. The van der Waals surface area contributed by atoms with E-state index in [-0.39, 0.29) is 11.5 Å². The summed E-state index contributed by atoms with van der Waals surface area (Å²) >= 11 is 0. The van der Waals surface area contributed by atoms with Gasteiger partial charge in [0.25, 0.3) is 0 Å². The zero-order valence-electron chi connectivity index (χ0n) is 14.1. The van der Waals surface area contributed by atoms with Crippen LogP contribution >= 0.6 is 0 Å². The van der Waals surface area contributed by atoms with E-state index in [4.69, 9.17) is 5.73 Å². The van der Waals surface area contributed by atoms with Crippen molar-refractivity contribution in [3.05, 3.63) is 52.3 Å². The molecular formula is C18H27N3. The van der Waals surface area contributed by atoms with E-state index in [9.17, 15) is 0 Å². The lowest BCUT2D eigenvalue weighted by Gasteiger charge is -2.23. The summed E-state index contributed by atoms with van der Waals surface area (Å²) in [5.41, 5.74) is 13.0. The van der Waals surface area contributed by atoms with Gasteiger partial charge in [-0.3, -0.25) is 4.68 Å². The number of nitrogens with two attached hydrogens (primary N) is 1. The van der Waals surface area contributed by atoms with Gasteiger partial charge >= 0.3 is 0 Å². The van der Waals surface area contributed by atoms with Crippen molar-refractivity contribution in [2.75, 3.05) is 0 Å². The monoisotopic (exact) mass is 285 g/mol. The average Bonchev–Trinajstić information content (AvgIpc) is 2.79. The third-order valence-electron chi connectivity index (χ3n) is 4.14. The standard InChI is InChI=1S/C18H27N3/c1-12-7-15(18(3,4)5)8-13(2)16(12)9-17(19)14-10-20-21(6)11-14/h7-8,10-11,17H,9,19H2,1-6H3. The van der Waals surface area contributed by atoms with Gasteiger partial charge in [0.2, 0.25) is 0 Å². The Morgan fingerprint density at radius 1 is 1.19 bits per heavy atom. The molecule has 0 aliphatic heterocycles. The number of rotatable bonds is 3. The van der Waals surface area contributed by atoms with Gasteiger partial charge in [0.15, 0.2) is 0 Å². The molecule has 2 aromatic rings. The van der Waals surface area contributed by atoms with Crippen molar-refractivity contribution in [2.24, 2.45) is 12.8 Å². The Balaban J connectivity index is 2.28. The Kier molecular flexibility index (Phi) is 4.24. The third kappa shape index (κ3) is 3.53. The number of aryl methyl sites for hydroxylation is 3. The van der Waals surface area contributed by atoms with Crippen LogP contribution in [0.5, 0.6) is 0 Å². The van der Waals surface area contributed by atoms with Crippen molar-refractivity contribution in [3.8, 4) is 0 Å². The van der Waals surface area contributed by atoms with E-state index in [1.165, 1.54) is 22.3 Å². The van der Waals surface area contributed by atoms with Gasteiger partial charge in [-0.1, -0.05) is 32.9 Å². The highest BCUT2D eigenvalue weighted by molar-refractivity contribution is 5.41. The summed E-state index contributed by atoms with van der Waals surface area (Å²) in [6.45, 7) is 11.1. The van der Waals surface area contributed by atoms with Gasteiger partial charge < -0.3 is 5.73 Å². The lowest BCUT2D eigenvalue weighted by atomic mass is 9.82. The third-order valence-corrected chi connectivity index (χ3v) is 4.14. The maximum atomic E-state index is 6.35. The van der Waals surface area contributed by atoms with Crippen LogP contribution in [0, 0.1) is 13.8 Å². The van der Waals surface area contributed by atoms with Crippen LogP contribution in [-0.4, -0.2) is 9.78 Å². The van der Waals surface area contributed by atoms with Crippen molar-refractivity contribution >= 4 is 0 Å². The van der Waals surface area contributed by atoms with E-state index < -0.39 is 0 Å². The molecule has 0 bridgehead atoms. The highest BCUT2D eigenvalue weighted by atomic mass is 15.2. The lowest BCUT2D eigenvalue weighted by molar-refractivity contribution is 0.588. The Hall–Kier alpha value is -1.61. The molecule has 114 valence electrons. The Bertz CT molecular complexity index is 609. The molecule has 1 unspecified atom stereocenters. The average molecular weight is 285 g/mol. The molecule has 1 aromatic heterocycles. The van der Waals surface area contributed by atoms with Crippen molar-refractivity contribution in [3.63, 3.8) is 0 Å². The number of aromatic nitrogens is 2. The first-order chi connectivity index (χ1) is 9.68. The van der Waals surface area contributed by atoms with E-state index >= 15 is 0 Å². The van der Waals surface area contributed by atoms with Crippen LogP contribution < -0.4 is 5.73 Å². The summed E-state index contributed by atoms with van der Waals surface area (Å²) in [5.74, 6) is 0. The number of nitrogens with zero attached hydrogens (tertiary/aromatic N) is 2. The quantitative estimate of drug-likeness (QED) is 0.936. The highest BCUT2D eigenvalue weighted by Gasteiger charge is 2.18. The van der Waals surface area contributed by atoms with Crippen LogP contribution in [0.3, 0.4) is 0 Å². The van der Waals surface area contributed by atoms with Gasteiger partial charge in [-0.2, -0.15) is 5.10 Å². The minimum Gasteiger partial charge on any atom is -0.324 e. The maximum Gasteiger partial charge on any atom is 0.0537 e. The molecular weight excluding hydrogens is 258 g/mol. The lowest BCUT2D eigenvalue weighted by Crippen LogP contribution is -2.16. The fraction of sp³-hybridized carbons (Fsp3) is 0.500. The van der Waals surface area contributed by atoms with E-state index in [0.717, 1.165) is 12.0 Å². The SMILES string of the molecule is Cc1cc(C(C)(C)C)cc(C)c1CC(N)c1cnn(C)c1. The Morgan fingerprint density at radius 2 is 1.76 bits per heavy atom. The predicted molar refractivity (Wildman–Crippen MR) is 88.5 cm³/mol. The summed E-state index contributed by atoms with van der Waals surface area (Å²) in [6, 6.07) is 4.60. The van der Waals surface area contributed by atoms with Gasteiger partial charge in [-0.05, 0) is 47.9 Å². The summed E-state index contributed by atoms with van der Waals surface area (Å²) in [7, 11) is 1.92. The van der Waals surface area contributed by atoms with Crippen LogP contribution in [0.4, 0.5) is 0 Å². The molecule has 0 fully saturated rings. The fourth-order valence-corrected chi connectivity index (χ4v) is 2.72. The molecule has 2 N–H and O–H groups in total. The van der Waals surface area contributed by atoms with Crippen LogP contribution in [0.2, 0.25) is 0 Å². The largest absolute Gasteiger partial charge is 0.324 e. The molecule has 1 aromatic carbocycles. The molecule has 0 saturated carbocycles. The zero-order valence-corrected chi connectivity index (χ0v) is 14.1. The van der Waals surface area contributed by atoms with Crippen molar-refractivity contribution in [1.29, 1.82) is 0 Å². The molecule has 0 spiro atoms. The highest BCUT2D eigenvalue weighted by Crippen LogP contribution is 2.28. The van der Waals surface area contributed by atoms with Gasteiger partial charge in [0.1, 0.15) is 0 Å². The van der Waals surface area contributed by atoms with Gasteiger partial charge in [0, 0.05) is 24.8 Å². The normalized spacial score (nSPS) is 13.5. The van der Waals surface area contributed by atoms with Crippen LogP contribution in [0.25, 0.3) is 0 Å².